The monoisotopic (exact) mass is 276 g/mol. The van der Waals surface area contributed by atoms with Crippen molar-refractivity contribution < 1.29 is 9.90 Å². The molecule has 0 unspecified atom stereocenters. The van der Waals surface area contributed by atoms with Crippen LogP contribution in [-0.4, -0.2) is 11.1 Å². The minimum Gasteiger partial charge on any atom is -0.478 e. The van der Waals surface area contributed by atoms with Gasteiger partial charge in [0.15, 0.2) is 0 Å². The van der Waals surface area contributed by atoms with Crippen LogP contribution in [0.15, 0.2) is 54.6 Å². The Bertz CT molecular complexity index is 847. The van der Waals surface area contributed by atoms with Gasteiger partial charge in [-0.3, -0.25) is 0 Å². The van der Waals surface area contributed by atoms with E-state index >= 15 is 0 Å². The molecule has 2 heteroatoms. The van der Waals surface area contributed by atoms with Crippen LogP contribution < -0.4 is 0 Å². The average Bonchev–Trinajstić information content (AvgIpc) is 2.46. The van der Waals surface area contributed by atoms with E-state index in [1.54, 1.807) is 6.07 Å². The fraction of sp³-hybridized carbons (Fsp3) is 0.105. The van der Waals surface area contributed by atoms with Gasteiger partial charge in [0.2, 0.25) is 0 Å². The van der Waals surface area contributed by atoms with Gasteiger partial charge in [0.1, 0.15) is 0 Å². The van der Waals surface area contributed by atoms with Gasteiger partial charge in [0.25, 0.3) is 0 Å². The number of aromatic carboxylic acids is 1. The highest BCUT2D eigenvalue weighted by Crippen LogP contribution is 2.28. The van der Waals surface area contributed by atoms with Gasteiger partial charge in [0, 0.05) is 0 Å². The molecule has 3 aromatic rings. The van der Waals surface area contributed by atoms with Crippen LogP contribution in [0.1, 0.15) is 21.5 Å². The lowest BCUT2D eigenvalue weighted by Gasteiger charge is -2.09. The molecule has 0 bridgehead atoms. The second-order valence-corrected chi connectivity index (χ2v) is 5.42. The molecule has 0 heterocycles. The molecule has 0 amide bonds. The first kappa shape index (κ1) is 13.4. The third kappa shape index (κ3) is 2.52. The molecule has 0 radical (unpaired) electrons. The van der Waals surface area contributed by atoms with Crippen molar-refractivity contribution in [1.82, 2.24) is 0 Å². The molecule has 0 fully saturated rings. The largest absolute Gasteiger partial charge is 0.478 e. The van der Waals surface area contributed by atoms with Crippen LogP contribution in [0.4, 0.5) is 0 Å². The molecule has 1 N–H and O–H groups in total. The van der Waals surface area contributed by atoms with Crippen molar-refractivity contribution in [3.05, 3.63) is 71.3 Å². The van der Waals surface area contributed by atoms with Crippen LogP contribution in [0.3, 0.4) is 0 Å². The first-order valence-corrected chi connectivity index (χ1v) is 6.89. The van der Waals surface area contributed by atoms with Gasteiger partial charge >= 0.3 is 5.97 Å². The summed E-state index contributed by atoms with van der Waals surface area (Å²) in [6.07, 6.45) is 0. The molecule has 0 saturated heterocycles. The summed E-state index contributed by atoms with van der Waals surface area (Å²) in [5.74, 6) is -0.894. The quantitative estimate of drug-likeness (QED) is 0.728. The maximum atomic E-state index is 11.4. The molecule has 0 aliphatic carbocycles. The van der Waals surface area contributed by atoms with E-state index < -0.39 is 5.97 Å². The first-order valence-electron chi connectivity index (χ1n) is 6.89. The standard InChI is InChI=1S/C19H16O2/c1-12-3-5-15-11-16(7-6-14(15)9-12)18-10-13(2)4-8-17(18)19(20)21/h3-11H,1-2H3,(H,20,21). The number of benzene rings is 3. The summed E-state index contributed by atoms with van der Waals surface area (Å²) in [5, 5.41) is 11.7. The predicted molar refractivity (Wildman–Crippen MR) is 85.8 cm³/mol. The SMILES string of the molecule is Cc1ccc(C(=O)O)c(-c2ccc3cc(C)ccc3c2)c1. The molecule has 104 valence electrons. The molecule has 0 spiro atoms. The number of aryl methyl sites for hydroxylation is 2. The second-order valence-electron chi connectivity index (χ2n) is 5.42. The van der Waals surface area contributed by atoms with Crippen molar-refractivity contribution in [2.75, 3.05) is 0 Å². The highest BCUT2D eigenvalue weighted by atomic mass is 16.4. The van der Waals surface area contributed by atoms with Gasteiger partial charge in [-0.2, -0.15) is 0 Å². The number of carbonyl (C=O) groups is 1. The van der Waals surface area contributed by atoms with E-state index in [9.17, 15) is 9.90 Å². The summed E-state index contributed by atoms with van der Waals surface area (Å²) >= 11 is 0. The Morgan fingerprint density at radius 1 is 0.810 bits per heavy atom. The molecule has 0 atom stereocenters. The molecule has 0 aliphatic heterocycles. The zero-order chi connectivity index (χ0) is 15.0. The van der Waals surface area contributed by atoms with Gasteiger partial charge in [-0.25, -0.2) is 4.79 Å². The van der Waals surface area contributed by atoms with Crippen molar-refractivity contribution in [2.24, 2.45) is 0 Å². The lowest BCUT2D eigenvalue weighted by Crippen LogP contribution is -1.99. The van der Waals surface area contributed by atoms with E-state index in [1.807, 2.05) is 31.2 Å². The van der Waals surface area contributed by atoms with Gasteiger partial charge in [-0.1, -0.05) is 53.6 Å². The Hall–Kier alpha value is -2.61. The number of hydrogen-bond acceptors (Lipinski definition) is 1. The Labute approximate surface area is 123 Å². The predicted octanol–water partition coefficient (Wildman–Crippen LogP) is 4.82. The fourth-order valence-corrected chi connectivity index (χ4v) is 2.62. The number of hydrogen-bond donors (Lipinski definition) is 1. The van der Waals surface area contributed by atoms with Crippen LogP contribution in [0.2, 0.25) is 0 Å². The highest BCUT2D eigenvalue weighted by Gasteiger charge is 2.12. The van der Waals surface area contributed by atoms with Gasteiger partial charge in [-0.15, -0.1) is 0 Å². The smallest absolute Gasteiger partial charge is 0.336 e. The molecular formula is C19H16O2. The fourth-order valence-electron chi connectivity index (χ4n) is 2.62. The van der Waals surface area contributed by atoms with E-state index in [1.165, 1.54) is 10.9 Å². The zero-order valence-electron chi connectivity index (χ0n) is 12.1. The lowest BCUT2D eigenvalue weighted by atomic mass is 9.95. The molecule has 3 aromatic carbocycles. The Morgan fingerprint density at radius 2 is 1.43 bits per heavy atom. The van der Waals surface area contributed by atoms with Crippen molar-refractivity contribution >= 4 is 16.7 Å². The number of carboxylic acid groups (broad SMARTS) is 1. The highest BCUT2D eigenvalue weighted by molar-refractivity contribution is 5.98. The summed E-state index contributed by atoms with van der Waals surface area (Å²) in [6.45, 7) is 4.04. The summed E-state index contributed by atoms with van der Waals surface area (Å²) in [4.78, 5) is 11.4. The number of carboxylic acids is 1. The van der Waals surface area contributed by atoms with Crippen molar-refractivity contribution in [3.63, 3.8) is 0 Å². The second kappa shape index (κ2) is 5.06. The first-order chi connectivity index (χ1) is 10.0. The van der Waals surface area contributed by atoms with Gasteiger partial charge in [0.05, 0.1) is 5.56 Å². The summed E-state index contributed by atoms with van der Waals surface area (Å²) in [7, 11) is 0. The Morgan fingerprint density at radius 3 is 2.19 bits per heavy atom. The molecule has 0 aromatic heterocycles. The molecule has 2 nitrogen and oxygen atoms in total. The molecular weight excluding hydrogens is 260 g/mol. The van der Waals surface area contributed by atoms with Crippen LogP contribution in [0, 0.1) is 13.8 Å². The van der Waals surface area contributed by atoms with Crippen LogP contribution >= 0.6 is 0 Å². The summed E-state index contributed by atoms with van der Waals surface area (Å²) < 4.78 is 0. The van der Waals surface area contributed by atoms with Gasteiger partial charge in [-0.05, 0) is 47.9 Å². The van der Waals surface area contributed by atoms with E-state index in [4.69, 9.17) is 0 Å². The van der Waals surface area contributed by atoms with Crippen LogP contribution in [-0.2, 0) is 0 Å². The third-order valence-corrected chi connectivity index (χ3v) is 3.71. The lowest BCUT2D eigenvalue weighted by molar-refractivity contribution is 0.0697. The molecule has 3 rings (SSSR count). The van der Waals surface area contributed by atoms with Crippen molar-refractivity contribution in [3.8, 4) is 11.1 Å². The normalized spacial score (nSPS) is 10.8. The maximum absolute atomic E-state index is 11.4. The Kier molecular flexibility index (Phi) is 3.22. The van der Waals surface area contributed by atoms with Crippen molar-refractivity contribution in [2.45, 2.75) is 13.8 Å². The molecule has 0 saturated carbocycles. The van der Waals surface area contributed by atoms with Gasteiger partial charge < -0.3 is 5.11 Å². The van der Waals surface area contributed by atoms with E-state index in [-0.39, 0.29) is 0 Å². The summed E-state index contributed by atoms with van der Waals surface area (Å²) in [6, 6.07) is 17.8. The molecule has 21 heavy (non-hydrogen) atoms. The topological polar surface area (TPSA) is 37.3 Å². The average molecular weight is 276 g/mol. The number of rotatable bonds is 2. The third-order valence-electron chi connectivity index (χ3n) is 3.71. The number of fused-ring (bicyclic) bond motifs is 1. The zero-order valence-corrected chi connectivity index (χ0v) is 12.1. The molecule has 0 aliphatic rings. The minimum absolute atomic E-state index is 0.340. The summed E-state index contributed by atoms with van der Waals surface area (Å²) in [5.41, 5.74) is 4.32. The maximum Gasteiger partial charge on any atom is 0.336 e. The van der Waals surface area contributed by atoms with Crippen molar-refractivity contribution in [1.29, 1.82) is 0 Å². The van der Waals surface area contributed by atoms with E-state index in [2.05, 4.69) is 31.2 Å². The van der Waals surface area contributed by atoms with Crippen LogP contribution in [0.5, 0.6) is 0 Å². The van der Waals surface area contributed by atoms with E-state index in [0.29, 0.717) is 5.56 Å². The van der Waals surface area contributed by atoms with E-state index in [0.717, 1.165) is 22.1 Å². The Balaban J connectivity index is 2.23. The van der Waals surface area contributed by atoms with Crippen LogP contribution in [0.25, 0.3) is 21.9 Å². The minimum atomic E-state index is -0.894.